The summed E-state index contributed by atoms with van der Waals surface area (Å²) in [4.78, 5) is 24.4. The first-order valence-electron chi connectivity index (χ1n) is 10.0. The number of alkyl halides is 3. The van der Waals surface area contributed by atoms with Crippen molar-refractivity contribution < 1.29 is 27.6 Å². The van der Waals surface area contributed by atoms with Gasteiger partial charge in [-0.25, -0.2) is 0 Å². The van der Waals surface area contributed by atoms with E-state index in [-0.39, 0.29) is 36.4 Å². The third kappa shape index (κ3) is 6.10. The minimum atomic E-state index is -4.56. The molecule has 2 aromatic rings. The summed E-state index contributed by atoms with van der Waals surface area (Å²) in [5, 5.41) is 16.3. The summed E-state index contributed by atoms with van der Waals surface area (Å²) in [6.07, 6.45) is -4.62. The smallest absolute Gasteiger partial charge is 0.379 e. The standard InChI is InChI=1S/C21H23F3N4O4/c22-21(23,24)17-13-16(27-9-11-32-12-10-27)6-5-15(17)14-26-20(29)7-8-25-18-3-1-2-4-19(18)28(30)31/h1-6,13,25H,7-12,14H2,(H,26,29). The van der Waals surface area contributed by atoms with E-state index in [1.54, 1.807) is 12.1 Å². The van der Waals surface area contributed by atoms with E-state index >= 15 is 0 Å². The highest BCUT2D eigenvalue weighted by atomic mass is 19.4. The lowest BCUT2D eigenvalue weighted by molar-refractivity contribution is -0.384. The molecule has 11 heteroatoms. The third-order valence-corrected chi connectivity index (χ3v) is 5.02. The number of amides is 1. The molecule has 3 rings (SSSR count). The molecule has 0 aromatic heterocycles. The van der Waals surface area contributed by atoms with Gasteiger partial charge in [-0.2, -0.15) is 13.2 Å². The average Bonchev–Trinajstić information content (AvgIpc) is 2.78. The van der Waals surface area contributed by atoms with E-state index in [0.717, 1.165) is 6.07 Å². The summed E-state index contributed by atoms with van der Waals surface area (Å²) >= 11 is 0. The van der Waals surface area contributed by atoms with E-state index in [4.69, 9.17) is 4.74 Å². The number of nitro benzene ring substituents is 1. The first kappa shape index (κ1) is 23.3. The van der Waals surface area contributed by atoms with E-state index in [9.17, 15) is 28.1 Å². The zero-order chi connectivity index (χ0) is 23.1. The number of carbonyl (C=O) groups is 1. The van der Waals surface area contributed by atoms with Crippen LogP contribution >= 0.6 is 0 Å². The SMILES string of the molecule is O=C(CCNc1ccccc1[N+](=O)[O-])NCc1ccc(N2CCOCC2)cc1C(F)(F)F. The van der Waals surface area contributed by atoms with Gasteiger partial charge in [-0.1, -0.05) is 18.2 Å². The fraction of sp³-hybridized carbons (Fsp3) is 0.381. The Bertz CT molecular complexity index is 962. The molecule has 32 heavy (non-hydrogen) atoms. The summed E-state index contributed by atoms with van der Waals surface area (Å²) in [6.45, 7) is 1.76. The lowest BCUT2D eigenvalue weighted by atomic mass is 10.0. The van der Waals surface area contributed by atoms with Crippen LogP contribution in [0.25, 0.3) is 0 Å². The van der Waals surface area contributed by atoms with Crippen molar-refractivity contribution in [1.29, 1.82) is 0 Å². The molecule has 172 valence electrons. The van der Waals surface area contributed by atoms with Crippen LogP contribution in [0.2, 0.25) is 0 Å². The number of halogens is 3. The number of benzene rings is 2. The Morgan fingerprint density at radius 3 is 2.56 bits per heavy atom. The Balaban J connectivity index is 1.58. The van der Waals surface area contributed by atoms with Crippen LogP contribution in [0.3, 0.4) is 0 Å². The molecule has 1 saturated heterocycles. The number of nitrogens with one attached hydrogen (secondary N) is 2. The molecular formula is C21H23F3N4O4. The van der Waals surface area contributed by atoms with E-state index in [2.05, 4.69) is 10.6 Å². The van der Waals surface area contributed by atoms with Crippen molar-refractivity contribution in [2.24, 2.45) is 0 Å². The molecule has 0 atom stereocenters. The van der Waals surface area contributed by atoms with Crippen molar-refractivity contribution in [3.63, 3.8) is 0 Å². The molecule has 0 spiro atoms. The molecule has 8 nitrogen and oxygen atoms in total. The molecule has 1 heterocycles. The molecule has 1 aliphatic rings. The predicted molar refractivity (Wildman–Crippen MR) is 113 cm³/mol. The Morgan fingerprint density at radius 1 is 1.16 bits per heavy atom. The molecule has 1 amide bonds. The van der Waals surface area contributed by atoms with Gasteiger partial charge in [-0.05, 0) is 23.8 Å². The summed E-state index contributed by atoms with van der Waals surface area (Å²) in [5.74, 6) is -0.471. The molecule has 1 aliphatic heterocycles. The van der Waals surface area contributed by atoms with Gasteiger partial charge in [-0.3, -0.25) is 14.9 Å². The van der Waals surface area contributed by atoms with Gasteiger partial charge >= 0.3 is 6.18 Å². The summed E-state index contributed by atoms with van der Waals surface area (Å²) in [5.41, 5.74) is -0.217. The normalized spacial score (nSPS) is 14.2. The Hall–Kier alpha value is -3.34. The Labute approximate surface area is 182 Å². The van der Waals surface area contributed by atoms with Crippen molar-refractivity contribution in [3.05, 3.63) is 63.7 Å². The van der Waals surface area contributed by atoms with E-state index in [0.29, 0.717) is 32.0 Å². The van der Waals surface area contributed by atoms with Crippen LogP contribution in [0.5, 0.6) is 0 Å². The maximum atomic E-state index is 13.6. The summed E-state index contributed by atoms with van der Waals surface area (Å²) < 4.78 is 46.0. The van der Waals surface area contributed by atoms with Gasteiger partial charge in [-0.15, -0.1) is 0 Å². The fourth-order valence-electron chi connectivity index (χ4n) is 3.38. The predicted octanol–water partition coefficient (Wildman–Crippen LogP) is 3.57. The molecular weight excluding hydrogens is 429 g/mol. The van der Waals surface area contributed by atoms with Crippen molar-refractivity contribution in [2.45, 2.75) is 19.1 Å². The summed E-state index contributed by atoms with van der Waals surface area (Å²) in [7, 11) is 0. The second kappa shape index (κ2) is 10.3. The maximum absolute atomic E-state index is 13.6. The highest BCUT2D eigenvalue weighted by Crippen LogP contribution is 2.35. The molecule has 0 unspecified atom stereocenters. The number of rotatable bonds is 8. The fourth-order valence-corrected chi connectivity index (χ4v) is 3.38. The monoisotopic (exact) mass is 452 g/mol. The second-order valence-corrected chi connectivity index (χ2v) is 7.17. The van der Waals surface area contributed by atoms with E-state index < -0.39 is 22.6 Å². The number of hydrogen-bond acceptors (Lipinski definition) is 6. The van der Waals surface area contributed by atoms with E-state index in [1.807, 2.05) is 4.90 Å². The molecule has 1 fully saturated rings. The molecule has 0 saturated carbocycles. The molecule has 2 N–H and O–H groups in total. The van der Waals surface area contributed by atoms with Crippen molar-refractivity contribution >= 4 is 23.0 Å². The van der Waals surface area contributed by atoms with Crippen LogP contribution in [-0.4, -0.2) is 43.7 Å². The van der Waals surface area contributed by atoms with Crippen molar-refractivity contribution in [2.75, 3.05) is 43.1 Å². The molecule has 0 radical (unpaired) electrons. The van der Waals surface area contributed by atoms with Crippen LogP contribution in [0.4, 0.5) is 30.2 Å². The van der Waals surface area contributed by atoms with Gasteiger partial charge < -0.3 is 20.3 Å². The number of carbonyl (C=O) groups excluding carboxylic acids is 1. The number of ether oxygens (including phenoxy) is 1. The largest absolute Gasteiger partial charge is 0.416 e. The third-order valence-electron chi connectivity index (χ3n) is 5.02. The first-order chi connectivity index (χ1) is 15.3. The minimum absolute atomic E-state index is 0.0329. The number of morpholine rings is 1. The van der Waals surface area contributed by atoms with Gasteiger partial charge in [0, 0.05) is 44.4 Å². The molecule has 0 aliphatic carbocycles. The first-order valence-corrected chi connectivity index (χ1v) is 10.0. The maximum Gasteiger partial charge on any atom is 0.416 e. The lowest BCUT2D eigenvalue weighted by Crippen LogP contribution is -2.36. The van der Waals surface area contributed by atoms with Crippen LogP contribution in [0.1, 0.15) is 17.5 Å². The summed E-state index contributed by atoms with van der Waals surface area (Å²) in [6, 6.07) is 10.1. The average molecular weight is 452 g/mol. The second-order valence-electron chi connectivity index (χ2n) is 7.17. The zero-order valence-electron chi connectivity index (χ0n) is 17.2. The van der Waals surface area contributed by atoms with Gasteiger partial charge in [0.2, 0.25) is 5.91 Å². The minimum Gasteiger partial charge on any atom is -0.379 e. The quantitative estimate of drug-likeness (QED) is 0.470. The highest BCUT2D eigenvalue weighted by Gasteiger charge is 2.34. The molecule has 0 bridgehead atoms. The Morgan fingerprint density at radius 2 is 1.88 bits per heavy atom. The van der Waals surface area contributed by atoms with Gasteiger partial charge in [0.1, 0.15) is 5.69 Å². The highest BCUT2D eigenvalue weighted by molar-refractivity contribution is 5.76. The number of hydrogen-bond donors (Lipinski definition) is 2. The number of para-hydroxylation sites is 2. The lowest BCUT2D eigenvalue weighted by Gasteiger charge is -2.29. The molecule has 2 aromatic carbocycles. The van der Waals surface area contributed by atoms with Crippen LogP contribution < -0.4 is 15.5 Å². The zero-order valence-corrected chi connectivity index (χ0v) is 17.2. The van der Waals surface area contributed by atoms with Crippen molar-refractivity contribution in [3.8, 4) is 0 Å². The van der Waals surface area contributed by atoms with Crippen molar-refractivity contribution in [1.82, 2.24) is 5.32 Å². The number of nitro groups is 1. The van der Waals surface area contributed by atoms with E-state index in [1.165, 1.54) is 24.3 Å². The van der Waals surface area contributed by atoms with Crippen LogP contribution in [0.15, 0.2) is 42.5 Å². The number of anilines is 2. The van der Waals surface area contributed by atoms with Crippen LogP contribution in [-0.2, 0) is 22.3 Å². The number of nitrogens with zero attached hydrogens (tertiary/aromatic N) is 2. The Kier molecular flexibility index (Phi) is 7.52. The van der Waals surface area contributed by atoms with Gasteiger partial charge in [0.25, 0.3) is 5.69 Å². The van der Waals surface area contributed by atoms with Crippen LogP contribution in [0, 0.1) is 10.1 Å². The van der Waals surface area contributed by atoms with Gasteiger partial charge in [0.05, 0.1) is 23.7 Å². The van der Waals surface area contributed by atoms with Gasteiger partial charge in [0.15, 0.2) is 0 Å². The topological polar surface area (TPSA) is 96.7 Å².